The molecule has 0 aliphatic carbocycles. The average molecular weight is 582 g/mol. The van der Waals surface area contributed by atoms with Gasteiger partial charge in [-0.15, -0.1) is 0 Å². The number of carbonyl (C=O) groups excluding carboxylic acids is 1. The predicted molar refractivity (Wildman–Crippen MR) is 160 cm³/mol. The summed E-state index contributed by atoms with van der Waals surface area (Å²) in [4.78, 5) is 19.6. The van der Waals surface area contributed by atoms with Gasteiger partial charge in [0.25, 0.3) is 0 Å². The lowest BCUT2D eigenvalue weighted by molar-refractivity contribution is -0.131. The molecule has 7 nitrogen and oxygen atoms in total. The van der Waals surface area contributed by atoms with E-state index in [1.54, 1.807) is 42.2 Å². The van der Waals surface area contributed by atoms with Gasteiger partial charge in [-0.2, -0.15) is 5.26 Å². The molecule has 3 aromatic carbocycles. The van der Waals surface area contributed by atoms with Gasteiger partial charge in [0.15, 0.2) is 11.5 Å². The van der Waals surface area contributed by atoms with Crippen molar-refractivity contribution in [2.75, 3.05) is 58.9 Å². The maximum atomic E-state index is 13.6. The molecule has 1 amide bonds. The van der Waals surface area contributed by atoms with Crippen molar-refractivity contribution >= 4 is 34.8 Å². The molecule has 0 aromatic heterocycles. The van der Waals surface area contributed by atoms with Gasteiger partial charge in [0.05, 0.1) is 42.9 Å². The Morgan fingerprint density at radius 2 is 1.62 bits per heavy atom. The van der Waals surface area contributed by atoms with E-state index in [1.807, 2.05) is 25.2 Å². The Hall–Kier alpha value is -3.44. The van der Waals surface area contributed by atoms with Crippen molar-refractivity contribution in [3.05, 3.63) is 76.3 Å². The minimum Gasteiger partial charge on any atom is -0.493 e. The summed E-state index contributed by atoms with van der Waals surface area (Å²) in [7, 11) is 5.08. The lowest BCUT2D eigenvalue weighted by Crippen LogP contribution is -2.43. The van der Waals surface area contributed by atoms with Gasteiger partial charge in [-0.3, -0.25) is 4.79 Å². The first kappa shape index (κ1) is 29.5. The molecule has 40 heavy (non-hydrogen) atoms. The third-order valence-electron chi connectivity index (χ3n) is 7.36. The molecule has 1 heterocycles. The number of hydrogen-bond acceptors (Lipinski definition) is 6. The lowest BCUT2D eigenvalue weighted by atomic mass is 9.99. The molecule has 0 bridgehead atoms. The fourth-order valence-electron chi connectivity index (χ4n) is 5.03. The number of hydrogen-bond donors (Lipinski definition) is 0. The summed E-state index contributed by atoms with van der Waals surface area (Å²) in [6.45, 7) is 2.87. The van der Waals surface area contributed by atoms with Crippen molar-refractivity contribution < 1.29 is 14.3 Å². The van der Waals surface area contributed by atoms with Gasteiger partial charge in [-0.1, -0.05) is 53.5 Å². The van der Waals surface area contributed by atoms with Gasteiger partial charge < -0.3 is 24.2 Å². The molecule has 9 heteroatoms. The highest BCUT2D eigenvalue weighted by Crippen LogP contribution is 2.33. The topological polar surface area (TPSA) is 69.0 Å². The number of methoxy groups -OCH3 is 2. The van der Waals surface area contributed by atoms with Crippen LogP contribution in [-0.4, -0.2) is 69.7 Å². The Labute approximate surface area is 246 Å². The van der Waals surface area contributed by atoms with Crippen molar-refractivity contribution in [1.29, 1.82) is 5.26 Å². The van der Waals surface area contributed by atoms with Crippen LogP contribution < -0.4 is 14.4 Å². The van der Waals surface area contributed by atoms with E-state index in [9.17, 15) is 10.1 Å². The van der Waals surface area contributed by atoms with Crippen LogP contribution in [0.15, 0.2) is 60.7 Å². The van der Waals surface area contributed by atoms with Gasteiger partial charge in [0.2, 0.25) is 5.91 Å². The molecular weight excluding hydrogens is 547 g/mol. The molecule has 1 atom stereocenters. The maximum Gasteiger partial charge on any atom is 0.242 e. The Balaban J connectivity index is 1.57. The number of rotatable bonds is 11. The van der Waals surface area contributed by atoms with E-state index < -0.39 is 0 Å². The van der Waals surface area contributed by atoms with Crippen molar-refractivity contribution in [2.24, 2.45) is 0 Å². The summed E-state index contributed by atoms with van der Waals surface area (Å²) < 4.78 is 10.8. The van der Waals surface area contributed by atoms with Crippen molar-refractivity contribution in [1.82, 2.24) is 9.80 Å². The average Bonchev–Trinajstić information content (AvgIpc) is 3.50. The maximum absolute atomic E-state index is 13.6. The Bertz CT molecular complexity index is 1350. The highest BCUT2D eigenvalue weighted by molar-refractivity contribution is 6.42. The van der Waals surface area contributed by atoms with Crippen LogP contribution in [0.1, 0.15) is 24.4 Å². The zero-order chi connectivity index (χ0) is 28.6. The Morgan fingerprint density at radius 1 is 0.950 bits per heavy atom. The van der Waals surface area contributed by atoms with Gasteiger partial charge >= 0.3 is 0 Å². The normalized spacial score (nSPS) is 13.9. The molecule has 0 N–H and O–H groups in total. The fourth-order valence-corrected chi connectivity index (χ4v) is 5.32. The minimum atomic E-state index is -0.150. The molecule has 4 rings (SSSR count). The van der Waals surface area contributed by atoms with Crippen LogP contribution in [0.5, 0.6) is 11.5 Å². The Kier molecular flexibility index (Phi) is 10.2. The van der Waals surface area contributed by atoms with Crippen LogP contribution in [-0.2, 0) is 4.79 Å². The van der Waals surface area contributed by atoms with Crippen molar-refractivity contribution in [2.45, 2.75) is 18.9 Å². The van der Waals surface area contributed by atoms with Crippen molar-refractivity contribution in [3.63, 3.8) is 0 Å². The van der Waals surface area contributed by atoms with Crippen LogP contribution in [0.4, 0.5) is 5.69 Å². The molecule has 1 aliphatic rings. The second-order valence-corrected chi connectivity index (χ2v) is 10.6. The molecule has 3 aromatic rings. The first-order valence-electron chi connectivity index (χ1n) is 13.2. The highest BCUT2D eigenvalue weighted by atomic mass is 35.5. The molecule has 0 saturated carbocycles. The number of likely N-dealkylation sites (N-methyl/N-ethyl adjacent to an activating group) is 1. The summed E-state index contributed by atoms with van der Waals surface area (Å²) in [6.07, 6.45) is 2.33. The number of nitrogens with zero attached hydrogens (tertiary/aromatic N) is 4. The molecule has 1 saturated heterocycles. The third-order valence-corrected chi connectivity index (χ3v) is 8.10. The summed E-state index contributed by atoms with van der Waals surface area (Å²) in [6, 6.07) is 21.3. The summed E-state index contributed by atoms with van der Waals surface area (Å²) in [5.41, 5.74) is 3.78. The van der Waals surface area contributed by atoms with E-state index >= 15 is 0 Å². The van der Waals surface area contributed by atoms with Crippen molar-refractivity contribution in [3.8, 4) is 28.7 Å². The zero-order valence-corrected chi connectivity index (χ0v) is 24.6. The van der Waals surface area contributed by atoms with Gasteiger partial charge in [0.1, 0.15) is 6.54 Å². The van der Waals surface area contributed by atoms with E-state index in [-0.39, 0.29) is 25.0 Å². The third kappa shape index (κ3) is 7.00. The second kappa shape index (κ2) is 13.8. The number of benzene rings is 3. The SMILES string of the molecule is COc1ccc(-c2ccc(C(CN3CCCC3)N(C)C(=O)CN(CC#N)c3ccc(Cl)c(Cl)c3)cc2)cc1OC. The number of likely N-dealkylation sites (tertiary alicyclic amines) is 1. The van der Waals surface area contributed by atoms with Gasteiger partial charge in [-0.25, -0.2) is 0 Å². The zero-order valence-electron chi connectivity index (χ0n) is 23.1. The summed E-state index contributed by atoms with van der Waals surface area (Å²) in [5.74, 6) is 1.26. The van der Waals surface area contributed by atoms with Gasteiger partial charge in [-0.05, 0) is 73.0 Å². The molecular formula is C31H34Cl2N4O3. The summed E-state index contributed by atoms with van der Waals surface area (Å²) in [5, 5.41) is 10.2. The van der Waals surface area contributed by atoms with E-state index in [1.165, 1.54) is 0 Å². The molecule has 210 valence electrons. The number of amides is 1. The Morgan fingerprint density at radius 3 is 2.25 bits per heavy atom. The van der Waals surface area contributed by atoms with Gasteiger partial charge in [0, 0.05) is 19.3 Å². The standard InChI is InChI=1S/C31H34Cl2N4O3/c1-35(31(38)21-37(17-14-34)25-11-12-26(32)27(33)19-25)28(20-36-15-4-5-16-36)23-8-6-22(7-9-23)24-10-13-29(39-2)30(18-24)40-3/h6-13,18-19,28H,4-5,15-17,20-21H2,1-3H3. The van der Waals surface area contributed by atoms with Crippen LogP contribution >= 0.6 is 23.2 Å². The first-order chi connectivity index (χ1) is 19.3. The first-order valence-corrected chi connectivity index (χ1v) is 14.0. The summed E-state index contributed by atoms with van der Waals surface area (Å²) >= 11 is 12.3. The van der Waals surface area contributed by atoms with Crippen LogP contribution in [0, 0.1) is 11.3 Å². The molecule has 1 fully saturated rings. The number of carbonyl (C=O) groups is 1. The minimum absolute atomic E-state index is 0.0439. The number of halogens is 2. The highest BCUT2D eigenvalue weighted by Gasteiger charge is 2.27. The number of ether oxygens (including phenoxy) is 2. The number of anilines is 1. The largest absolute Gasteiger partial charge is 0.493 e. The van der Waals surface area contributed by atoms with Crippen LogP contribution in [0.3, 0.4) is 0 Å². The molecule has 0 radical (unpaired) electrons. The monoisotopic (exact) mass is 580 g/mol. The van der Waals surface area contributed by atoms with Crippen LogP contribution in [0.2, 0.25) is 10.0 Å². The number of nitriles is 1. The predicted octanol–water partition coefficient (Wildman–Crippen LogP) is 6.30. The van der Waals surface area contributed by atoms with E-state index in [0.29, 0.717) is 27.2 Å². The lowest BCUT2D eigenvalue weighted by Gasteiger charge is -2.34. The van der Waals surface area contributed by atoms with E-state index in [2.05, 4.69) is 35.2 Å². The van der Waals surface area contributed by atoms with E-state index in [0.717, 1.165) is 49.2 Å². The quantitative estimate of drug-likeness (QED) is 0.248. The van der Waals surface area contributed by atoms with E-state index in [4.69, 9.17) is 32.7 Å². The smallest absolute Gasteiger partial charge is 0.242 e. The molecule has 1 aliphatic heterocycles. The van der Waals surface area contributed by atoms with Crippen LogP contribution in [0.25, 0.3) is 11.1 Å². The molecule has 0 spiro atoms. The second-order valence-electron chi connectivity index (χ2n) is 9.83. The fraction of sp³-hybridized carbons (Fsp3) is 0.355. The molecule has 1 unspecified atom stereocenters.